The van der Waals surface area contributed by atoms with Crippen molar-refractivity contribution >= 4 is 16.5 Å². The minimum atomic E-state index is 0.277. The Bertz CT molecular complexity index is 463. The molecular weight excluding hydrogens is 222 g/mol. The van der Waals surface area contributed by atoms with Gasteiger partial charge in [-0.2, -0.15) is 0 Å². The molecule has 1 saturated heterocycles. The lowest BCUT2D eigenvalue weighted by Crippen LogP contribution is -2.26. The summed E-state index contributed by atoms with van der Waals surface area (Å²) in [7, 11) is 0. The van der Waals surface area contributed by atoms with Crippen LogP contribution < -0.4 is 10.6 Å². The van der Waals surface area contributed by atoms with Gasteiger partial charge in [-0.3, -0.25) is 4.57 Å². The van der Waals surface area contributed by atoms with Gasteiger partial charge in [0.15, 0.2) is 0 Å². The lowest BCUT2D eigenvalue weighted by molar-refractivity contribution is 0.751. The summed E-state index contributed by atoms with van der Waals surface area (Å²) in [6.45, 7) is 1.88. The molecular formula is C10H13N5S. The third-order valence-corrected chi connectivity index (χ3v) is 3.72. The third-order valence-electron chi connectivity index (χ3n) is 2.72. The summed E-state index contributed by atoms with van der Waals surface area (Å²) in [6.07, 6.45) is 4.98. The fourth-order valence-corrected chi connectivity index (χ4v) is 2.71. The molecule has 16 heavy (non-hydrogen) atoms. The molecule has 6 heteroatoms. The molecule has 0 aromatic carbocycles. The maximum Gasteiger partial charge on any atom is 0.218 e. The van der Waals surface area contributed by atoms with Crippen LogP contribution in [0.1, 0.15) is 6.42 Å². The summed E-state index contributed by atoms with van der Waals surface area (Å²) in [4.78, 5) is 2.20. The fraction of sp³-hybridized carbons (Fsp3) is 0.400. The maximum absolute atomic E-state index is 5.87. The van der Waals surface area contributed by atoms with Crippen molar-refractivity contribution in [2.75, 3.05) is 18.0 Å². The van der Waals surface area contributed by atoms with Gasteiger partial charge in [0.2, 0.25) is 10.3 Å². The van der Waals surface area contributed by atoms with Crippen molar-refractivity contribution in [2.45, 2.75) is 12.5 Å². The molecule has 0 bridgehead atoms. The van der Waals surface area contributed by atoms with Gasteiger partial charge in [-0.1, -0.05) is 11.3 Å². The van der Waals surface area contributed by atoms with E-state index in [2.05, 4.69) is 15.1 Å². The highest BCUT2D eigenvalue weighted by atomic mass is 32.1. The predicted molar refractivity (Wildman–Crippen MR) is 64.0 cm³/mol. The number of hydrogen-bond acceptors (Lipinski definition) is 5. The van der Waals surface area contributed by atoms with E-state index >= 15 is 0 Å². The molecule has 3 rings (SSSR count). The molecule has 0 unspecified atom stereocenters. The van der Waals surface area contributed by atoms with Crippen LogP contribution in [0.25, 0.3) is 5.13 Å². The van der Waals surface area contributed by atoms with E-state index in [9.17, 15) is 0 Å². The second-order valence-corrected chi connectivity index (χ2v) is 4.89. The Labute approximate surface area is 97.5 Å². The zero-order valence-corrected chi connectivity index (χ0v) is 9.60. The van der Waals surface area contributed by atoms with Gasteiger partial charge in [0, 0.05) is 31.5 Å². The van der Waals surface area contributed by atoms with E-state index in [1.54, 1.807) is 11.3 Å². The van der Waals surface area contributed by atoms with E-state index in [4.69, 9.17) is 5.73 Å². The summed E-state index contributed by atoms with van der Waals surface area (Å²) in [5, 5.41) is 10.3. The first-order chi connectivity index (χ1) is 7.83. The fourth-order valence-electron chi connectivity index (χ4n) is 1.86. The molecule has 84 valence electrons. The smallest absolute Gasteiger partial charge is 0.218 e. The van der Waals surface area contributed by atoms with Crippen LogP contribution in [-0.2, 0) is 0 Å². The lowest BCUT2D eigenvalue weighted by atomic mass is 10.3. The zero-order chi connectivity index (χ0) is 11.0. The molecule has 2 aromatic rings. The molecule has 2 aromatic heterocycles. The van der Waals surface area contributed by atoms with Crippen LogP contribution in [0.5, 0.6) is 0 Å². The van der Waals surface area contributed by atoms with E-state index in [-0.39, 0.29) is 6.04 Å². The zero-order valence-electron chi connectivity index (χ0n) is 8.78. The van der Waals surface area contributed by atoms with Crippen LogP contribution in [-0.4, -0.2) is 33.9 Å². The normalized spacial score (nSPS) is 20.6. The molecule has 3 heterocycles. The summed E-state index contributed by atoms with van der Waals surface area (Å²) >= 11 is 1.60. The SMILES string of the molecule is N[C@H]1CCN(c2nnc(-n3cccc3)s2)C1. The first-order valence-corrected chi connectivity index (χ1v) is 6.12. The molecule has 0 radical (unpaired) electrons. The van der Waals surface area contributed by atoms with E-state index in [0.717, 1.165) is 29.8 Å². The molecule has 2 N–H and O–H groups in total. The highest BCUT2D eigenvalue weighted by Crippen LogP contribution is 2.25. The van der Waals surface area contributed by atoms with Gasteiger partial charge in [-0.05, 0) is 18.6 Å². The second kappa shape index (κ2) is 3.88. The Balaban J connectivity index is 1.83. The van der Waals surface area contributed by atoms with E-state index in [0.29, 0.717) is 0 Å². The average molecular weight is 235 g/mol. The molecule has 5 nitrogen and oxygen atoms in total. The largest absolute Gasteiger partial charge is 0.345 e. The predicted octanol–water partition coefficient (Wildman–Crippen LogP) is 0.866. The monoisotopic (exact) mass is 235 g/mol. The molecule has 1 fully saturated rings. The van der Waals surface area contributed by atoms with Crippen LogP contribution in [0.2, 0.25) is 0 Å². The summed E-state index contributed by atoms with van der Waals surface area (Å²) in [5.41, 5.74) is 5.87. The lowest BCUT2D eigenvalue weighted by Gasteiger charge is -2.11. The van der Waals surface area contributed by atoms with E-state index < -0.39 is 0 Å². The Hall–Kier alpha value is -1.40. The van der Waals surface area contributed by atoms with Crippen molar-refractivity contribution in [3.8, 4) is 5.13 Å². The minimum absolute atomic E-state index is 0.277. The first-order valence-electron chi connectivity index (χ1n) is 5.30. The molecule has 1 aliphatic rings. The van der Waals surface area contributed by atoms with Crippen molar-refractivity contribution in [1.29, 1.82) is 0 Å². The van der Waals surface area contributed by atoms with E-state index in [1.165, 1.54) is 0 Å². The number of anilines is 1. The van der Waals surface area contributed by atoms with Crippen molar-refractivity contribution in [3.05, 3.63) is 24.5 Å². The minimum Gasteiger partial charge on any atom is -0.345 e. The van der Waals surface area contributed by atoms with Gasteiger partial charge in [0.25, 0.3) is 0 Å². The molecule has 1 aliphatic heterocycles. The molecule has 0 spiro atoms. The van der Waals surface area contributed by atoms with Crippen molar-refractivity contribution in [1.82, 2.24) is 14.8 Å². The van der Waals surface area contributed by atoms with Gasteiger partial charge >= 0.3 is 0 Å². The number of rotatable bonds is 2. The Morgan fingerprint density at radius 1 is 1.25 bits per heavy atom. The summed E-state index contributed by atoms with van der Waals surface area (Å²) < 4.78 is 1.97. The quantitative estimate of drug-likeness (QED) is 0.839. The number of hydrogen-bond donors (Lipinski definition) is 1. The topological polar surface area (TPSA) is 60.0 Å². The van der Waals surface area contributed by atoms with Crippen LogP contribution in [0, 0.1) is 0 Å². The molecule has 0 amide bonds. The molecule has 1 atom stereocenters. The van der Waals surface area contributed by atoms with Crippen LogP contribution >= 0.6 is 11.3 Å². The Morgan fingerprint density at radius 3 is 2.69 bits per heavy atom. The summed E-state index contributed by atoms with van der Waals surface area (Å²) in [6, 6.07) is 4.23. The van der Waals surface area contributed by atoms with E-state index in [1.807, 2.05) is 29.1 Å². The number of nitrogens with zero attached hydrogens (tertiary/aromatic N) is 4. The Kier molecular flexibility index (Phi) is 2.37. The highest BCUT2D eigenvalue weighted by molar-refractivity contribution is 7.17. The van der Waals surface area contributed by atoms with Gasteiger partial charge in [-0.15, -0.1) is 10.2 Å². The average Bonchev–Trinajstić information content (AvgIpc) is 2.97. The second-order valence-electron chi connectivity index (χ2n) is 3.95. The molecule has 0 aliphatic carbocycles. The van der Waals surface area contributed by atoms with Gasteiger partial charge in [0.1, 0.15) is 0 Å². The number of nitrogens with two attached hydrogens (primary N) is 1. The summed E-state index contributed by atoms with van der Waals surface area (Å²) in [5.74, 6) is 0. The van der Waals surface area contributed by atoms with Crippen LogP contribution in [0.3, 0.4) is 0 Å². The standard InChI is InChI=1S/C10H13N5S/c11-8-3-6-15(7-8)10-13-12-9(16-10)14-4-1-2-5-14/h1-2,4-5,8H,3,6-7,11H2/t8-/m0/s1. The van der Waals surface area contributed by atoms with Crippen molar-refractivity contribution in [3.63, 3.8) is 0 Å². The van der Waals surface area contributed by atoms with Gasteiger partial charge in [0.05, 0.1) is 0 Å². The maximum atomic E-state index is 5.87. The molecule has 0 saturated carbocycles. The van der Waals surface area contributed by atoms with Crippen LogP contribution in [0.15, 0.2) is 24.5 Å². The first kappa shape index (κ1) is 9.80. The third kappa shape index (κ3) is 1.70. The number of aromatic nitrogens is 3. The van der Waals surface area contributed by atoms with Crippen molar-refractivity contribution < 1.29 is 0 Å². The van der Waals surface area contributed by atoms with Gasteiger partial charge in [-0.25, -0.2) is 0 Å². The van der Waals surface area contributed by atoms with Crippen LogP contribution in [0.4, 0.5) is 5.13 Å². The van der Waals surface area contributed by atoms with Crippen molar-refractivity contribution in [2.24, 2.45) is 5.73 Å². The van der Waals surface area contributed by atoms with Gasteiger partial charge < -0.3 is 10.6 Å². The Morgan fingerprint density at radius 2 is 2.00 bits per heavy atom. The highest BCUT2D eigenvalue weighted by Gasteiger charge is 2.22.